The number of anilines is 1. The van der Waals surface area contributed by atoms with Gasteiger partial charge in [-0.1, -0.05) is 30.3 Å². The number of fused-ring (bicyclic) bond motifs is 1. The second-order valence-electron chi connectivity index (χ2n) is 4.35. The van der Waals surface area contributed by atoms with Gasteiger partial charge in [0.2, 0.25) is 0 Å². The summed E-state index contributed by atoms with van der Waals surface area (Å²) in [5, 5.41) is 20.8. The van der Waals surface area contributed by atoms with Gasteiger partial charge in [0.15, 0.2) is 11.5 Å². The Hall–Kier alpha value is -2.54. The smallest absolute Gasteiger partial charge is 0.199 e. The topological polar surface area (TPSA) is 79.4 Å². The highest BCUT2D eigenvalue weighted by atomic mass is 16.3. The maximum atomic E-state index is 9.28. The number of hydrogen-bond acceptors (Lipinski definition) is 6. The Morgan fingerprint density at radius 1 is 1.15 bits per heavy atom. The van der Waals surface area contributed by atoms with E-state index in [1.807, 2.05) is 35.2 Å². The number of nitrogens with zero attached hydrogens (tertiary/aromatic N) is 6. The van der Waals surface area contributed by atoms with Crippen LogP contribution in [0.25, 0.3) is 5.65 Å². The Morgan fingerprint density at radius 2 is 2.00 bits per heavy atom. The van der Waals surface area contributed by atoms with Crippen LogP contribution in [-0.4, -0.2) is 43.3 Å². The van der Waals surface area contributed by atoms with Gasteiger partial charge >= 0.3 is 0 Å². The molecule has 0 bridgehead atoms. The van der Waals surface area contributed by atoms with Gasteiger partial charge < -0.3 is 10.0 Å². The van der Waals surface area contributed by atoms with Crippen molar-refractivity contribution in [3.05, 3.63) is 48.3 Å². The molecule has 1 aromatic carbocycles. The van der Waals surface area contributed by atoms with E-state index in [0.29, 0.717) is 18.7 Å². The van der Waals surface area contributed by atoms with E-state index in [9.17, 15) is 5.11 Å². The van der Waals surface area contributed by atoms with E-state index < -0.39 is 0 Å². The quantitative estimate of drug-likeness (QED) is 0.728. The monoisotopic (exact) mass is 270 g/mol. The van der Waals surface area contributed by atoms with E-state index in [1.165, 1.54) is 0 Å². The van der Waals surface area contributed by atoms with Crippen LogP contribution in [0.2, 0.25) is 0 Å². The second-order valence-corrected chi connectivity index (χ2v) is 4.35. The third-order valence-corrected chi connectivity index (χ3v) is 3.00. The van der Waals surface area contributed by atoms with E-state index in [0.717, 1.165) is 11.4 Å². The molecule has 7 nitrogen and oxygen atoms in total. The van der Waals surface area contributed by atoms with Crippen LogP contribution >= 0.6 is 0 Å². The van der Waals surface area contributed by atoms with Crippen LogP contribution in [0.5, 0.6) is 0 Å². The largest absolute Gasteiger partial charge is 0.395 e. The number of rotatable bonds is 5. The SMILES string of the molecule is OCCN(Cc1ccccc1)c1cncc2nnnn12. The molecule has 3 aromatic rings. The van der Waals surface area contributed by atoms with Crippen LogP contribution < -0.4 is 4.90 Å². The first kappa shape index (κ1) is 12.5. The van der Waals surface area contributed by atoms with Gasteiger partial charge in [-0.05, 0) is 16.0 Å². The minimum atomic E-state index is 0.0470. The average molecular weight is 270 g/mol. The molecule has 0 saturated heterocycles. The Labute approximate surface area is 115 Å². The van der Waals surface area contributed by atoms with Crippen molar-refractivity contribution in [1.82, 2.24) is 25.0 Å². The molecule has 0 atom stereocenters. The highest BCUT2D eigenvalue weighted by molar-refractivity contribution is 5.46. The fourth-order valence-electron chi connectivity index (χ4n) is 2.08. The van der Waals surface area contributed by atoms with Crippen molar-refractivity contribution in [2.75, 3.05) is 18.1 Å². The zero-order chi connectivity index (χ0) is 13.8. The summed E-state index contributed by atoms with van der Waals surface area (Å²) in [7, 11) is 0. The van der Waals surface area contributed by atoms with E-state index in [1.54, 1.807) is 16.9 Å². The summed E-state index contributed by atoms with van der Waals surface area (Å²) in [5.41, 5.74) is 1.73. The van der Waals surface area contributed by atoms with Gasteiger partial charge in [0, 0.05) is 13.1 Å². The Bertz CT molecular complexity index is 683. The predicted octanol–water partition coefficient (Wildman–Crippen LogP) is 0.518. The van der Waals surface area contributed by atoms with Gasteiger partial charge in [-0.2, -0.15) is 4.52 Å². The van der Waals surface area contributed by atoms with E-state index in [-0.39, 0.29) is 6.61 Å². The zero-order valence-corrected chi connectivity index (χ0v) is 10.8. The van der Waals surface area contributed by atoms with Crippen LogP contribution in [0.4, 0.5) is 5.82 Å². The molecule has 0 unspecified atom stereocenters. The van der Waals surface area contributed by atoms with E-state index >= 15 is 0 Å². The number of aromatic nitrogens is 5. The molecule has 0 saturated carbocycles. The molecule has 0 aliphatic heterocycles. The highest BCUT2D eigenvalue weighted by Crippen LogP contribution is 2.15. The van der Waals surface area contributed by atoms with Crippen molar-refractivity contribution in [3.8, 4) is 0 Å². The van der Waals surface area contributed by atoms with Gasteiger partial charge in [-0.3, -0.25) is 4.98 Å². The number of aliphatic hydroxyl groups is 1. The lowest BCUT2D eigenvalue weighted by atomic mass is 10.2. The Balaban J connectivity index is 1.96. The number of benzene rings is 1. The minimum Gasteiger partial charge on any atom is -0.395 e. The molecule has 2 aromatic heterocycles. The van der Waals surface area contributed by atoms with Crippen LogP contribution in [0, 0.1) is 0 Å². The molecule has 0 aliphatic carbocycles. The predicted molar refractivity (Wildman–Crippen MR) is 73.2 cm³/mol. The first-order valence-corrected chi connectivity index (χ1v) is 6.30. The first-order valence-electron chi connectivity index (χ1n) is 6.30. The standard InChI is InChI=1S/C13H14N6O/c20-7-6-18(10-11-4-2-1-3-5-11)13-9-14-8-12-15-16-17-19(12)13/h1-5,8-9,20H,6-7,10H2. The average Bonchev–Trinajstić information content (AvgIpc) is 2.96. The van der Waals surface area contributed by atoms with Crippen molar-refractivity contribution in [3.63, 3.8) is 0 Å². The van der Waals surface area contributed by atoms with Crippen LogP contribution in [0.1, 0.15) is 5.56 Å². The molecule has 0 amide bonds. The molecule has 3 rings (SSSR count). The lowest BCUT2D eigenvalue weighted by molar-refractivity contribution is 0.301. The summed E-state index contributed by atoms with van der Waals surface area (Å²) in [6.07, 6.45) is 3.30. The summed E-state index contributed by atoms with van der Waals surface area (Å²) >= 11 is 0. The second kappa shape index (κ2) is 5.62. The lowest BCUT2D eigenvalue weighted by Crippen LogP contribution is -2.28. The molecule has 0 spiro atoms. The van der Waals surface area contributed by atoms with Crippen molar-refractivity contribution in [1.29, 1.82) is 0 Å². The molecule has 1 N–H and O–H groups in total. The van der Waals surface area contributed by atoms with Gasteiger partial charge in [-0.25, -0.2) is 0 Å². The minimum absolute atomic E-state index is 0.0470. The molecule has 0 fully saturated rings. The Kier molecular flexibility index (Phi) is 3.51. The molecule has 0 radical (unpaired) electrons. The normalized spacial score (nSPS) is 10.8. The van der Waals surface area contributed by atoms with Crippen LogP contribution in [0.3, 0.4) is 0 Å². The fraction of sp³-hybridized carbons (Fsp3) is 0.231. The maximum absolute atomic E-state index is 9.28. The third-order valence-electron chi connectivity index (χ3n) is 3.00. The number of tetrazole rings is 1. The summed E-state index contributed by atoms with van der Waals surface area (Å²) in [6.45, 7) is 1.18. The van der Waals surface area contributed by atoms with Crippen LogP contribution in [0.15, 0.2) is 42.7 Å². The van der Waals surface area contributed by atoms with Crippen molar-refractivity contribution < 1.29 is 5.11 Å². The lowest BCUT2D eigenvalue weighted by Gasteiger charge is -2.23. The summed E-state index contributed by atoms with van der Waals surface area (Å²) in [6, 6.07) is 10.0. The van der Waals surface area contributed by atoms with Gasteiger partial charge in [0.1, 0.15) is 0 Å². The van der Waals surface area contributed by atoms with E-state index in [2.05, 4.69) is 20.5 Å². The van der Waals surface area contributed by atoms with Crippen LogP contribution in [-0.2, 0) is 6.54 Å². The fourth-order valence-corrected chi connectivity index (χ4v) is 2.08. The first-order chi connectivity index (χ1) is 9.88. The van der Waals surface area contributed by atoms with Gasteiger partial charge in [-0.15, -0.1) is 5.10 Å². The molecular weight excluding hydrogens is 256 g/mol. The van der Waals surface area contributed by atoms with Crippen molar-refractivity contribution in [2.45, 2.75) is 6.54 Å². The summed E-state index contributed by atoms with van der Waals surface area (Å²) < 4.78 is 1.62. The van der Waals surface area contributed by atoms with Crippen molar-refractivity contribution >= 4 is 11.5 Å². The Morgan fingerprint density at radius 3 is 2.80 bits per heavy atom. The number of hydrogen-bond donors (Lipinski definition) is 1. The molecule has 20 heavy (non-hydrogen) atoms. The third kappa shape index (κ3) is 2.43. The van der Waals surface area contributed by atoms with Crippen molar-refractivity contribution in [2.24, 2.45) is 0 Å². The number of aliphatic hydroxyl groups excluding tert-OH is 1. The molecule has 2 heterocycles. The summed E-state index contributed by atoms with van der Waals surface area (Å²) in [4.78, 5) is 6.13. The molecular formula is C13H14N6O. The van der Waals surface area contributed by atoms with Gasteiger partial charge in [0.05, 0.1) is 19.0 Å². The summed E-state index contributed by atoms with van der Waals surface area (Å²) in [5.74, 6) is 0.755. The molecule has 102 valence electrons. The van der Waals surface area contributed by atoms with Gasteiger partial charge in [0.25, 0.3) is 0 Å². The highest BCUT2D eigenvalue weighted by Gasteiger charge is 2.12. The zero-order valence-electron chi connectivity index (χ0n) is 10.8. The van der Waals surface area contributed by atoms with E-state index in [4.69, 9.17) is 0 Å². The maximum Gasteiger partial charge on any atom is 0.199 e. The molecule has 0 aliphatic rings. The molecule has 7 heteroatoms.